The molecule has 0 amide bonds. The van der Waals surface area contributed by atoms with Gasteiger partial charge in [-0.2, -0.15) is 10.2 Å². The molecule has 20 heavy (non-hydrogen) atoms. The fraction of sp³-hybridized carbons (Fsp3) is 0.625. The summed E-state index contributed by atoms with van der Waals surface area (Å²) in [6.07, 6.45) is 11.5. The lowest BCUT2D eigenvalue weighted by Crippen LogP contribution is -2.09. The molecule has 2 atom stereocenters. The molecule has 4 heteroatoms. The maximum absolute atomic E-state index is 4.03. The smallest absolute Gasteiger partial charge is 0.0524 e. The SMILES string of the molecule is C[C@@H]1CCCc2[nH]ncc21.C[C@H]1CCc2[nH]ncc2C1. The van der Waals surface area contributed by atoms with Crippen molar-refractivity contribution in [1.29, 1.82) is 0 Å². The van der Waals surface area contributed by atoms with Crippen LogP contribution in [0.5, 0.6) is 0 Å². The van der Waals surface area contributed by atoms with Crippen LogP contribution in [0.1, 0.15) is 61.5 Å². The summed E-state index contributed by atoms with van der Waals surface area (Å²) in [5, 5.41) is 14.1. The first-order valence-corrected chi connectivity index (χ1v) is 7.77. The Kier molecular flexibility index (Phi) is 3.90. The van der Waals surface area contributed by atoms with Crippen molar-refractivity contribution in [3.8, 4) is 0 Å². The van der Waals surface area contributed by atoms with Crippen molar-refractivity contribution < 1.29 is 0 Å². The number of fused-ring (bicyclic) bond motifs is 2. The largest absolute Gasteiger partial charge is 0.282 e. The maximum Gasteiger partial charge on any atom is 0.0524 e. The van der Waals surface area contributed by atoms with Crippen LogP contribution >= 0.6 is 0 Å². The molecule has 0 bridgehead atoms. The van der Waals surface area contributed by atoms with Crippen LogP contribution in [0.4, 0.5) is 0 Å². The molecule has 2 aromatic heterocycles. The molecule has 2 aliphatic carbocycles. The third-order valence-corrected chi connectivity index (χ3v) is 4.61. The summed E-state index contributed by atoms with van der Waals surface area (Å²) in [6.45, 7) is 4.57. The zero-order valence-corrected chi connectivity index (χ0v) is 12.4. The Morgan fingerprint density at radius 2 is 1.80 bits per heavy atom. The highest BCUT2D eigenvalue weighted by Gasteiger charge is 2.17. The molecule has 0 saturated carbocycles. The molecule has 0 spiro atoms. The minimum atomic E-state index is 0.725. The maximum atomic E-state index is 4.03. The highest BCUT2D eigenvalue weighted by Crippen LogP contribution is 2.28. The second-order valence-electron chi connectivity index (χ2n) is 6.32. The molecule has 0 aliphatic heterocycles. The van der Waals surface area contributed by atoms with Crippen LogP contribution in [-0.4, -0.2) is 20.4 Å². The van der Waals surface area contributed by atoms with Gasteiger partial charge in [-0.1, -0.05) is 13.8 Å². The van der Waals surface area contributed by atoms with Crippen LogP contribution in [0.25, 0.3) is 0 Å². The van der Waals surface area contributed by atoms with Crippen molar-refractivity contribution in [3.63, 3.8) is 0 Å². The summed E-state index contributed by atoms with van der Waals surface area (Å²) in [6, 6.07) is 0. The lowest BCUT2D eigenvalue weighted by atomic mass is 9.89. The van der Waals surface area contributed by atoms with Crippen LogP contribution in [0, 0.1) is 5.92 Å². The summed E-state index contributed by atoms with van der Waals surface area (Å²) in [7, 11) is 0. The van der Waals surface area contributed by atoms with E-state index in [1.807, 2.05) is 12.4 Å². The van der Waals surface area contributed by atoms with Gasteiger partial charge in [-0.3, -0.25) is 10.2 Å². The number of rotatable bonds is 0. The van der Waals surface area contributed by atoms with Gasteiger partial charge in [0.25, 0.3) is 0 Å². The first-order chi connectivity index (χ1) is 9.74. The van der Waals surface area contributed by atoms with E-state index in [1.165, 1.54) is 61.0 Å². The second kappa shape index (κ2) is 5.81. The van der Waals surface area contributed by atoms with E-state index in [-0.39, 0.29) is 0 Å². The van der Waals surface area contributed by atoms with Crippen molar-refractivity contribution in [2.75, 3.05) is 0 Å². The molecule has 0 fully saturated rings. The Bertz CT molecular complexity index is 554. The van der Waals surface area contributed by atoms with E-state index in [0.717, 1.165) is 11.8 Å². The van der Waals surface area contributed by atoms with E-state index >= 15 is 0 Å². The number of hydrogen-bond donors (Lipinski definition) is 2. The molecule has 0 aromatic carbocycles. The summed E-state index contributed by atoms with van der Waals surface area (Å²) < 4.78 is 0. The zero-order valence-electron chi connectivity index (χ0n) is 12.4. The van der Waals surface area contributed by atoms with E-state index in [9.17, 15) is 0 Å². The van der Waals surface area contributed by atoms with E-state index in [4.69, 9.17) is 0 Å². The molecular weight excluding hydrogens is 248 g/mol. The Hall–Kier alpha value is -1.58. The molecule has 2 heterocycles. The van der Waals surface area contributed by atoms with Crippen molar-refractivity contribution >= 4 is 0 Å². The number of nitrogens with zero attached hydrogens (tertiary/aromatic N) is 2. The molecule has 2 N–H and O–H groups in total. The minimum absolute atomic E-state index is 0.725. The lowest BCUT2D eigenvalue weighted by Gasteiger charge is -2.16. The van der Waals surface area contributed by atoms with Crippen LogP contribution in [0.3, 0.4) is 0 Å². The number of H-pyrrole nitrogens is 2. The third kappa shape index (κ3) is 2.79. The molecule has 0 saturated heterocycles. The molecule has 0 radical (unpaired) electrons. The van der Waals surface area contributed by atoms with Crippen molar-refractivity contribution in [2.24, 2.45) is 5.92 Å². The summed E-state index contributed by atoms with van der Waals surface area (Å²) in [4.78, 5) is 0. The summed E-state index contributed by atoms with van der Waals surface area (Å²) >= 11 is 0. The van der Waals surface area contributed by atoms with Crippen LogP contribution in [0.15, 0.2) is 12.4 Å². The highest BCUT2D eigenvalue weighted by molar-refractivity contribution is 5.23. The standard InChI is InChI=1S/2C8H12N2/c1-6-2-3-8-7(4-6)5-9-10-8;1-6-3-2-4-8-7(6)5-9-10-8/h2*5-6H,2-4H2,1H3,(H,9,10)/t2*6-/m01/s1. The van der Waals surface area contributed by atoms with Crippen molar-refractivity contribution in [1.82, 2.24) is 20.4 Å². The molecule has 2 aliphatic rings. The van der Waals surface area contributed by atoms with Gasteiger partial charge in [-0.05, 0) is 61.5 Å². The molecule has 4 rings (SSSR count). The quantitative estimate of drug-likeness (QED) is 0.772. The Labute approximate surface area is 120 Å². The highest BCUT2D eigenvalue weighted by atomic mass is 15.1. The first-order valence-electron chi connectivity index (χ1n) is 7.77. The van der Waals surface area contributed by atoms with E-state index in [1.54, 1.807) is 0 Å². The molecule has 0 unspecified atom stereocenters. The number of aromatic amines is 2. The molecule has 108 valence electrons. The van der Waals surface area contributed by atoms with E-state index < -0.39 is 0 Å². The van der Waals surface area contributed by atoms with Gasteiger partial charge < -0.3 is 0 Å². The van der Waals surface area contributed by atoms with Gasteiger partial charge in [0.2, 0.25) is 0 Å². The Balaban J connectivity index is 0.000000121. The van der Waals surface area contributed by atoms with Gasteiger partial charge in [0.1, 0.15) is 0 Å². The van der Waals surface area contributed by atoms with Crippen LogP contribution < -0.4 is 0 Å². The Morgan fingerprint density at radius 3 is 2.65 bits per heavy atom. The topological polar surface area (TPSA) is 57.4 Å². The van der Waals surface area contributed by atoms with Gasteiger partial charge in [0.05, 0.1) is 12.4 Å². The monoisotopic (exact) mass is 272 g/mol. The Morgan fingerprint density at radius 1 is 1.00 bits per heavy atom. The average Bonchev–Trinajstić information content (AvgIpc) is 3.07. The van der Waals surface area contributed by atoms with E-state index in [2.05, 4.69) is 34.2 Å². The lowest BCUT2D eigenvalue weighted by molar-refractivity contribution is 0.497. The normalized spacial score (nSPS) is 24.3. The number of aromatic nitrogens is 4. The number of hydrogen-bond acceptors (Lipinski definition) is 2. The van der Waals surface area contributed by atoms with Gasteiger partial charge in [0, 0.05) is 11.4 Å². The predicted molar refractivity (Wildman–Crippen MR) is 79.7 cm³/mol. The van der Waals surface area contributed by atoms with Gasteiger partial charge in [0.15, 0.2) is 0 Å². The second-order valence-corrected chi connectivity index (χ2v) is 6.32. The fourth-order valence-corrected chi connectivity index (χ4v) is 3.29. The first kappa shape index (κ1) is 13.4. The molecule has 2 aromatic rings. The van der Waals surface area contributed by atoms with Crippen molar-refractivity contribution in [3.05, 3.63) is 34.9 Å². The average molecular weight is 272 g/mol. The van der Waals surface area contributed by atoms with Crippen LogP contribution in [-0.2, 0) is 19.3 Å². The van der Waals surface area contributed by atoms with Crippen LogP contribution in [0.2, 0.25) is 0 Å². The molecular formula is C16H24N4. The predicted octanol–water partition coefficient (Wildman–Crippen LogP) is 3.38. The minimum Gasteiger partial charge on any atom is -0.282 e. The van der Waals surface area contributed by atoms with Crippen molar-refractivity contribution in [2.45, 2.75) is 58.3 Å². The summed E-state index contributed by atoms with van der Waals surface area (Å²) in [5.41, 5.74) is 5.59. The summed E-state index contributed by atoms with van der Waals surface area (Å²) in [5.74, 6) is 1.58. The van der Waals surface area contributed by atoms with Gasteiger partial charge in [-0.15, -0.1) is 0 Å². The van der Waals surface area contributed by atoms with Gasteiger partial charge >= 0.3 is 0 Å². The van der Waals surface area contributed by atoms with E-state index in [0.29, 0.717) is 0 Å². The number of nitrogens with one attached hydrogen (secondary N) is 2. The molecule has 4 nitrogen and oxygen atoms in total. The number of aryl methyl sites for hydroxylation is 2. The fourth-order valence-electron chi connectivity index (χ4n) is 3.29. The van der Waals surface area contributed by atoms with Gasteiger partial charge in [-0.25, -0.2) is 0 Å². The third-order valence-electron chi connectivity index (χ3n) is 4.61. The zero-order chi connectivity index (χ0) is 13.9.